The first-order valence-corrected chi connectivity index (χ1v) is 5.22. The summed E-state index contributed by atoms with van der Waals surface area (Å²) in [7, 11) is 0. The SMILES string of the molecule is CC1C=CC(Cl)=CC1c1c[nH]cc1C#N. The van der Waals surface area contributed by atoms with Crippen LogP contribution in [-0.4, -0.2) is 4.98 Å². The molecule has 0 saturated heterocycles. The van der Waals surface area contributed by atoms with Crippen molar-refractivity contribution >= 4 is 11.6 Å². The quantitative estimate of drug-likeness (QED) is 0.772. The summed E-state index contributed by atoms with van der Waals surface area (Å²) in [6.45, 7) is 2.12. The molecule has 0 spiro atoms. The minimum atomic E-state index is 0.198. The fourth-order valence-electron chi connectivity index (χ4n) is 1.86. The van der Waals surface area contributed by atoms with Gasteiger partial charge >= 0.3 is 0 Å². The summed E-state index contributed by atoms with van der Waals surface area (Å²) < 4.78 is 0. The van der Waals surface area contributed by atoms with E-state index in [1.54, 1.807) is 6.20 Å². The molecule has 1 N–H and O–H groups in total. The Morgan fingerprint density at radius 3 is 3.00 bits per heavy atom. The summed E-state index contributed by atoms with van der Waals surface area (Å²) in [6.07, 6.45) is 9.57. The second-order valence-electron chi connectivity index (χ2n) is 3.73. The number of aromatic amines is 1. The fraction of sp³-hybridized carbons (Fsp3) is 0.250. The Morgan fingerprint density at radius 1 is 1.47 bits per heavy atom. The maximum absolute atomic E-state index is 8.95. The highest BCUT2D eigenvalue weighted by molar-refractivity contribution is 6.31. The van der Waals surface area contributed by atoms with Gasteiger partial charge in [0.25, 0.3) is 0 Å². The van der Waals surface area contributed by atoms with E-state index in [-0.39, 0.29) is 5.92 Å². The largest absolute Gasteiger partial charge is 0.366 e. The van der Waals surface area contributed by atoms with Gasteiger partial charge in [-0.25, -0.2) is 0 Å². The normalized spacial score (nSPS) is 24.7. The van der Waals surface area contributed by atoms with Crippen LogP contribution < -0.4 is 0 Å². The van der Waals surface area contributed by atoms with Crippen molar-refractivity contribution in [2.75, 3.05) is 0 Å². The second kappa shape index (κ2) is 3.96. The smallest absolute Gasteiger partial charge is 0.101 e. The van der Waals surface area contributed by atoms with Gasteiger partial charge in [-0.15, -0.1) is 0 Å². The first-order valence-electron chi connectivity index (χ1n) is 4.84. The Labute approximate surface area is 93.9 Å². The highest BCUT2D eigenvalue weighted by Crippen LogP contribution is 2.34. The number of nitriles is 1. The van der Waals surface area contributed by atoms with Crippen LogP contribution in [0.3, 0.4) is 0 Å². The Kier molecular flexibility index (Phi) is 2.66. The van der Waals surface area contributed by atoms with E-state index in [0.717, 1.165) is 10.6 Å². The Bertz CT molecular complexity index is 462. The number of nitrogens with one attached hydrogen (secondary N) is 1. The zero-order valence-electron chi connectivity index (χ0n) is 8.37. The number of nitrogens with zero attached hydrogens (tertiary/aromatic N) is 1. The number of aromatic nitrogens is 1. The van der Waals surface area contributed by atoms with Gasteiger partial charge in [-0.1, -0.05) is 30.7 Å². The maximum atomic E-state index is 8.95. The third kappa shape index (κ3) is 1.84. The molecule has 1 aromatic heterocycles. The van der Waals surface area contributed by atoms with E-state index in [2.05, 4.69) is 24.1 Å². The molecule has 0 aliphatic heterocycles. The number of rotatable bonds is 1. The molecule has 76 valence electrons. The highest BCUT2D eigenvalue weighted by atomic mass is 35.5. The van der Waals surface area contributed by atoms with Crippen LogP contribution in [0, 0.1) is 17.2 Å². The predicted molar refractivity (Wildman–Crippen MR) is 60.5 cm³/mol. The maximum Gasteiger partial charge on any atom is 0.101 e. The standard InChI is InChI=1S/C12H11ClN2/c1-8-2-3-10(13)4-11(8)12-7-15-6-9(12)5-14/h2-4,6-8,11,15H,1H3. The average Bonchev–Trinajstić information content (AvgIpc) is 2.69. The average molecular weight is 219 g/mol. The van der Waals surface area contributed by atoms with Gasteiger partial charge in [0.15, 0.2) is 0 Å². The third-order valence-corrected chi connectivity index (χ3v) is 2.97. The Hall–Kier alpha value is -1.46. The number of H-pyrrole nitrogens is 1. The van der Waals surface area contributed by atoms with Crippen molar-refractivity contribution in [1.29, 1.82) is 5.26 Å². The molecular weight excluding hydrogens is 208 g/mol. The summed E-state index contributed by atoms with van der Waals surface area (Å²) in [4.78, 5) is 2.96. The topological polar surface area (TPSA) is 39.6 Å². The molecule has 2 unspecified atom stereocenters. The molecule has 1 aliphatic carbocycles. The van der Waals surface area contributed by atoms with Gasteiger partial charge in [0, 0.05) is 23.3 Å². The predicted octanol–water partition coefficient (Wildman–Crippen LogP) is 3.30. The van der Waals surface area contributed by atoms with Gasteiger partial charge in [-0.2, -0.15) is 5.26 Å². The Morgan fingerprint density at radius 2 is 2.27 bits per heavy atom. The van der Waals surface area contributed by atoms with E-state index in [1.165, 1.54) is 0 Å². The lowest BCUT2D eigenvalue weighted by atomic mass is 9.84. The molecule has 0 amide bonds. The molecule has 0 fully saturated rings. The van der Waals surface area contributed by atoms with Gasteiger partial charge in [0.05, 0.1) is 5.56 Å². The summed E-state index contributed by atoms with van der Waals surface area (Å²) in [6, 6.07) is 2.18. The monoisotopic (exact) mass is 218 g/mol. The van der Waals surface area contributed by atoms with Gasteiger partial charge in [-0.3, -0.25) is 0 Å². The van der Waals surface area contributed by atoms with Crippen LogP contribution in [0.1, 0.15) is 24.0 Å². The van der Waals surface area contributed by atoms with Crippen LogP contribution in [0.25, 0.3) is 0 Å². The third-order valence-electron chi connectivity index (χ3n) is 2.72. The van der Waals surface area contributed by atoms with E-state index in [9.17, 15) is 0 Å². The van der Waals surface area contributed by atoms with E-state index in [1.807, 2.05) is 18.3 Å². The van der Waals surface area contributed by atoms with Gasteiger partial charge in [0.1, 0.15) is 6.07 Å². The first kappa shape index (κ1) is 10.1. The second-order valence-corrected chi connectivity index (χ2v) is 4.17. The van der Waals surface area contributed by atoms with Crippen LogP contribution in [0.4, 0.5) is 0 Å². The lowest BCUT2D eigenvalue weighted by molar-refractivity contribution is 0.633. The van der Waals surface area contributed by atoms with E-state index in [0.29, 0.717) is 11.5 Å². The van der Waals surface area contributed by atoms with Gasteiger partial charge < -0.3 is 4.98 Å². The van der Waals surface area contributed by atoms with Crippen LogP contribution in [-0.2, 0) is 0 Å². The minimum Gasteiger partial charge on any atom is -0.366 e. The molecule has 2 rings (SSSR count). The van der Waals surface area contributed by atoms with Crippen LogP contribution in [0.15, 0.2) is 35.7 Å². The van der Waals surface area contributed by atoms with Crippen molar-refractivity contribution in [3.05, 3.63) is 46.8 Å². The van der Waals surface area contributed by atoms with Gasteiger partial charge in [-0.05, 0) is 17.6 Å². The summed E-state index contributed by atoms with van der Waals surface area (Å²) in [5.41, 5.74) is 1.72. The van der Waals surface area contributed by atoms with E-state index in [4.69, 9.17) is 16.9 Å². The molecule has 0 radical (unpaired) electrons. The molecule has 1 aliphatic rings. The van der Waals surface area contributed by atoms with Crippen molar-refractivity contribution < 1.29 is 0 Å². The van der Waals surface area contributed by atoms with Crippen LogP contribution in [0.5, 0.6) is 0 Å². The molecule has 1 heterocycles. The molecule has 3 heteroatoms. The first-order chi connectivity index (χ1) is 7.22. The summed E-state index contributed by atoms with van der Waals surface area (Å²) in [5, 5.41) is 9.69. The zero-order valence-corrected chi connectivity index (χ0v) is 9.12. The van der Waals surface area contributed by atoms with E-state index < -0.39 is 0 Å². The summed E-state index contributed by atoms with van der Waals surface area (Å²) in [5.74, 6) is 0.568. The lowest BCUT2D eigenvalue weighted by Crippen LogP contribution is -2.08. The van der Waals surface area contributed by atoms with Gasteiger partial charge in [0.2, 0.25) is 0 Å². The molecule has 0 saturated carbocycles. The minimum absolute atomic E-state index is 0.198. The molecule has 1 aromatic rings. The highest BCUT2D eigenvalue weighted by Gasteiger charge is 2.21. The number of hydrogen-bond donors (Lipinski definition) is 1. The van der Waals surface area contributed by atoms with Crippen molar-refractivity contribution in [3.63, 3.8) is 0 Å². The Balaban J connectivity index is 2.40. The van der Waals surface area contributed by atoms with E-state index >= 15 is 0 Å². The molecule has 2 atom stereocenters. The zero-order chi connectivity index (χ0) is 10.8. The van der Waals surface area contributed by atoms with Crippen LogP contribution in [0.2, 0.25) is 0 Å². The van der Waals surface area contributed by atoms with Crippen molar-refractivity contribution in [2.24, 2.45) is 5.92 Å². The molecule has 0 aromatic carbocycles. The van der Waals surface area contributed by atoms with Crippen LogP contribution >= 0.6 is 11.6 Å². The fourth-order valence-corrected chi connectivity index (χ4v) is 2.07. The molecule has 0 bridgehead atoms. The molecule has 2 nitrogen and oxygen atoms in total. The lowest BCUT2D eigenvalue weighted by Gasteiger charge is -2.20. The number of halogens is 1. The molecule has 15 heavy (non-hydrogen) atoms. The number of hydrogen-bond acceptors (Lipinski definition) is 1. The summed E-state index contributed by atoms with van der Waals surface area (Å²) >= 11 is 5.97. The molecular formula is C12H11ClN2. The number of allylic oxidation sites excluding steroid dienone is 4. The van der Waals surface area contributed by atoms with Crippen molar-refractivity contribution in [3.8, 4) is 6.07 Å². The van der Waals surface area contributed by atoms with Crippen molar-refractivity contribution in [2.45, 2.75) is 12.8 Å². The van der Waals surface area contributed by atoms with Crippen molar-refractivity contribution in [1.82, 2.24) is 4.98 Å².